The summed E-state index contributed by atoms with van der Waals surface area (Å²) in [6.07, 6.45) is 9.28. The van der Waals surface area contributed by atoms with Crippen molar-refractivity contribution < 1.29 is 9.59 Å². The number of aromatic nitrogens is 4. The fraction of sp³-hybridized carbons (Fsp3) is 0.269. The molecule has 1 aliphatic carbocycles. The summed E-state index contributed by atoms with van der Waals surface area (Å²) in [5.74, 6) is -0.578. The first-order valence-corrected chi connectivity index (χ1v) is 11.6. The maximum atomic E-state index is 13.5. The van der Waals surface area contributed by atoms with E-state index in [0.717, 1.165) is 36.6 Å². The van der Waals surface area contributed by atoms with Crippen LogP contribution in [0.5, 0.6) is 0 Å². The minimum Gasteiger partial charge on any atom is -0.348 e. The first kappa shape index (κ1) is 21.8. The Morgan fingerprint density at radius 3 is 2.59 bits per heavy atom. The number of para-hydroxylation sites is 1. The number of benzene rings is 1. The zero-order chi connectivity index (χ0) is 23.5. The SMILES string of the molecule is CCn1cc(NC(=O)c2cc(-c3ccncc3)nc3ccccc23)c(C(=O)NC2CCCC2)n1. The summed E-state index contributed by atoms with van der Waals surface area (Å²) in [7, 11) is 0. The number of aryl methyl sites for hydroxylation is 1. The van der Waals surface area contributed by atoms with Crippen LogP contribution in [0.15, 0.2) is 61.1 Å². The Hall–Kier alpha value is -4.07. The van der Waals surface area contributed by atoms with Gasteiger partial charge in [0.25, 0.3) is 11.8 Å². The highest BCUT2D eigenvalue weighted by Gasteiger charge is 2.24. The molecule has 1 saturated carbocycles. The summed E-state index contributed by atoms with van der Waals surface area (Å²) in [5, 5.41) is 11.1. The van der Waals surface area contributed by atoms with Gasteiger partial charge >= 0.3 is 0 Å². The third-order valence-corrected chi connectivity index (χ3v) is 6.18. The van der Waals surface area contributed by atoms with Crippen LogP contribution in [-0.4, -0.2) is 37.6 Å². The monoisotopic (exact) mass is 454 g/mol. The highest BCUT2D eigenvalue weighted by atomic mass is 16.2. The normalized spacial score (nSPS) is 13.8. The molecule has 1 aromatic carbocycles. The van der Waals surface area contributed by atoms with E-state index >= 15 is 0 Å². The molecule has 34 heavy (non-hydrogen) atoms. The van der Waals surface area contributed by atoms with E-state index in [1.807, 2.05) is 43.3 Å². The Kier molecular flexibility index (Phi) is 6.03. The van der Waals surface area contributed by atoms with Gasteiger partial charge in [0.15, 0.2) is 5.69 Å². The molecule has 0 atom stereocenters. The second kappa shape index (κ2) is 9.43. The molecule has 4 aromatic rings. The molecule has 2 N–H and O–H groups in total. The fourth-order valence-electron chi connectivity index (χ4n) is 4.39. The van der Waals surface area contributed by atoms with Crippen LogP contribution in [0.1, 0.15) is 53.5 Å². The molecule has 0 spiro atoms. The molecule has 1 aliphatic rings. The number of amides is 2. The Labute approximate surface area is 197 Å². The zero-order valence-electron chi connectivity index (χ0n) is 19.0. The van der Waals surface area contributed by atoms with E-state index in [9.17, 15) is 9.59 Å². The number of nitrogens with zero attached hydrogens (tertiary/aromatic N) is 4. The van der Waals surface area contributed by atoms with Crippen molar-refractivity contribution in [2.24, 2.45) is 0 Å². The molecule has 8 heteroatoms. The molecule has 0 radical (unpaired) electrons. The molecule has 1 fully saturated rings. The van der Waals surface area contributed by atoms with Gasteiger partial charge in [-0.2, -0.15) is 5.10 Å². The predicted octanol–water partition coefficient (Wildman–Crippen LogP) is 4.44. The predicted molar refractivity (Wildman–Crippen MR) is 131 cm³/mol. The lowest BCUT2D eigenvalue weighted by Gasteiger charge is -2.12. The molecule has 3 heterocycles. The van der Waals surface area contributed by atoms with Gasteiger partial charge < -0.3 is 10.6 Å². The van der Waals surface area contributed by atoms with Gasteiger partial charge in [0.1, 0.15) is 0 Å². The highest BCUT2D eigenvalue weighted by Crippen LogP contribution is 2.26. The van der Waals surface area contributed by atoms with E-state index in [1.165, 1.54) is 0 Å². The van der Waals surface area contributed by atoms with Crippen LogP contribution in [0.2, 0.25) is 0 Å². The van der Waals surface area contributed by atoms with Crippen LogP contribution in [0.25, 0.3) is 22.2 Å². The summed E-state index contributed by atoms with van der Waals surface area (Å²) >= 11 is 0. The highest BCUT2D eigenvalue weighted by molar-refractivity contribution is 6.14. The summed E-state index contributed by atoms with van der Waals surface area (Å²) < 4.78 is 1.66. The first-order chi connectivity index (χ1) is 16.6. The molecule has 172 valence electrons. The Morgan fingerprint density at radius 1 is 1.06 bits per heavy atom. The lowest BCUT2D eigenvalue weighted by molar-refractivity contribution is 0.0933. The molecule has 5 rings (SSSR count). The van der Waals surface area contributed by atoms with Gasteiger partial charge in [-0.1, -0.05) is 31.0 Å². The van der Waals surface area contributed by atoms with E-state index < -0.39 is 0 Å². The van der Waals surface area contributed by atoms with Crippen molar-refractivity contribution in [3.8, 4) is 11.3 Å². The smallest absolute Gasteiger partial charge is 0.274 e. The molecule has 0 aliphatic heterocycles. The second-order valence-corrected chi connectivity index (χ2v) is 8.46. The van der Waals surface area contributed by atoms with Crippen LogP contribution >= 0.6 is 0 Å². The topological polar surface area (TPSA) is 102 Å². The minimum atomic E-state index is -0.320. The van der Waals surface area contributed by atoms with Crippen molar-refractivity contribution in [3.63, 3.8) is 0 Å². The van der Waals surface area contributed by atoms with Crippen LogP contribution < -0.4 is 10.6 Å². The lowest BCUT2D eigenvalue weighted by atomic mass is 10.0. The van der Waals surface area contributed by atoms with Gasteiger partial charge in [-0.25, -0.2) is 4.98 Å². The van der Waals surface area contributed by atoms with Crippen LogP contribution in [-0.2, 0) is 6.54 Å². The van der Waals surface area contributed by atoms with Gasteiger partial charge in [0.2, 0.25) is 0 Å². The van der Waals surface area contributed by atoms with Crippen molar-refractivity contribution in [2.75, 3.05) is 5.32 Å². The number of pyridine rings is 2. The van der Waals surface area contributed by atoms with Crippen molar-refractivity contribution in [3.05, 3.63) is 72.3 Å². The van der Waals surface area contributed by atoms with E-state index in [2.05, 4.69) is 20.7 Å². The third-order valence-electron chi connectivity index (χ3n) is 6.18. The van der Waals surface area contributed by atoms with Crippen LogP contribution in [0.3, 0.4) is 0 Å². The molecule has 0 unspecified atom stereocenters. The maximum Gasteiger partial charge on any atom is 0.274 e. The Morgan fingerprint density at radius 2 is 1.82 bits per heavy atom. The minimum absolute atomic E-state index is 0.162. The van der Waals surface area contributed by atoms with E-state index in [0.29, 0.717) is 29.0 Å². The fourth-order valence-corrected chi connectivity index (χ4v) is 4.39. The van der Waals surface area contributed by atoms with Gasteiger partial charge in [-0.15, -0.1) is 0 Å². The number of carbonyl (C=O) groups excluding carboxylic acids is 2. The third kappa shape index (κ3) is 4.39. The molecular weight excluding hydrogens is 428 g/mol. The van der Waals surface area contributed by atoms with Crippen LogP contribution in [0.4, 0.5) is 5.69 Å². The average Bonchev–Trinajstić information content (AvgIpc) is 3.53. The van der Waals surface area contributed by atoms with E-state index in [4.69, 9.17) is 4.98 Å². The number of anilines is 1. The summed E-state index contributed by atoms with van der Waals surface area (Å²) in [6.45, 7) is 2.53. The number of carbonyl (C=O) groups is 2. The van der Waals surface area contributed by atoms with Crippen molar-refractivity contribution in [2.45, 2.75) is 45.2 Å². The van der Waals surface area contributed by atoms with E-state index in [-0.39, 0.29) is 23.6 Å². The Bertz CT molecular complexity index is 1340. The number of rotatable bonds is 6. The second-order valence-electron chi connectivity index (χ2n) is 8.46. The van der Waals surface area contributed by atoms with Crippen molar-refractivity contribution in [1.29, 1.82) is 0 Å². The molecule has 8 nitrogen and oxygen atoms in total. The molecular formula is C26H26N6O2. The van der Waals surface area contributed by atoms with Gasteiger partial charge in [0, 0.05) is 42.1 Å². The van der Waals surface area contributed by atoms with Gasteiger partial charge in [-0.3, -0.25) is 19.3 Å². The number of nitrogens with one attached hydrogen (secondary N) is 2. The molecule has 0 bridgehead atoms. The summed E-state index contributed by atoms with van der Waals surface area (Å²) in [5.41, 5.74) is 3.36. The first-order valence-electron chi connectivity index (χ1n) is 11.6. The maximum absolute atomic E-state index is 13.5. The van der Waals surface area contributed by atoms with Crippen LogP contribution in [0, 0.1) is 0 Å². The quantitative estimate of drug-likeness (QED) is 0.449. The molecule has 2 amide bonds. The number of hydrogen-bond donors (Lipinski definition) is 2. The summed E-state index contributed by atoms with van der Waals surface area (Å²) in [6, 6.07) is 13.2. The van der Waals surface area contributed by atoms with E-state index in [1.54, 1.807) is 29.3 Å². The lowest BCUT2D eigenvalue weighted by Crippen LogP contribution is -2.33. The number of fused-ring (bicyclic) bond motifs is 1. The average molecular weight is 455 g/mol. The standard InChI is InChI=1S/C26H26N6O2/c1-2-32-16-23(24(31-32)26(34)28-18-7-3-4-8-18)30-25(33)20-15-22(17-11-13-27-14-12-17)29-21-10-6-5-9-19(20)21/h5-6,9-16,18H,2-4,7-8H2,1H3,(H,28,34)(H,30,33). The molecule has 0 saturated heterocycles. The van der Waals surface area contributed by atoms with Crippen molar-refractivity contribution in [1.82, 2.24) is 25.1 Å². The van der Waals surface area contributed by atoms with Gasteiger partial charge in [-0.05, 0) is 44.0 Å². The Balaban J connectivity index is 1.49. The largest absolute Gasteiger partial charge is 0.348 e. The molecule has 3 aromatic heterocycles. The van der Waals surface area contributed by atoms with Gasteiger partial charge in [0.05, 0.1) is 22.5 Å². The summed E-state index contributed by atoms with van der Waals surface area (Å²) in [4.78, 5) is 35.3. The number of hydrogen-bond acceptors (Lipinski definition) is 5. The zero-order valence-corrected chi connectivity index (χ0v) is 19.0. The van der Waals surface area contributed by atoms with Crippen molar-refractivity contribution >= 4 is 28.4 Å².